The van der Waals surface area contributed by atoms with Gasteiger partial charge in [0.2, 0.25) is 0 Å². The van der Waals surface area contributed by atoms with Crippen LogP contribution in [0, 0.1) is 6.92 Å². The summed E-state index contributed by atoms with van der Waals surface area (Å²) in [5, 5.41) is 4.87. The van der Waals surface area contributed by atoms with E-state index >= 15 is 0 Å². The summed E-state index contributed by atoms with van der Waals surface area (Å²) < 4.78 is 6.46. The van der Waals surface area contributed by atoms with Crippen molar-refractivity contribution in [3.8, 4) is 0 Å². The van der Waals surface area contributed by atoms with E-state index in [1.54, 1.807) is 31.2 Å². The predicted molar refractivity (Wildman–Crippen MR) is 71.4 cm³/mol. The Morgan fingerprint density at radius 3 is 2.95 bits per heavy atom. The van der Waals surface area contributed by atoms with Gasteiger partial charge in [-0.3, -0.25) is 9.36 Å². The Morgan fingerprint density at radius 1 is 1.37 bits per heavy atom. The lowest BCUT2D eigenvalue weighted by molar-refractivity contribution is 0.388. The van der Waals surface area contributed by atoms with Gasteiger partial charge in [0.1, 0.15) is 11.5 Å². The summed E-state index contributed by atoms with van der Waals surface area (Å²) in [4.78, 5) is 16.5. The van der Waals surface area contributed by atoms with Gasteiger partial charge >= 0.3 is 0 Å². The van der Waals surface area contributed by atoms with E-state index < -0.39 is 0 Å². The molecule has 0 saturated heterocycles. The van der Waals surface area contributed by atoms with Crippen LogP contribution in [0.2, 0.25) is 5.02 Å². The van der Waals surface area contributed by atoms with Crippen LogP contribution < -0.4 is 5.56 Å². The third-order valence-electron chi connectivity index (χ3n) is 2.80. The number of rotatable bonds is 2. The van der Waals surface area contributed by atoms with E-state index in [9.17, 15) is 4.79 Å². The summed E-state index contributed by atoms with van der Waals surface area (Å²) in [7, 11) is 0. The van der Waals surface area contributed by atoms with Crippen LogP contribution in [-0.2, 0) is 6.54 Å². The number of aromatic nitrogens is 3. The third-order valence-corrected chi connectivity index (χ3v) is 3.03. The van der Waals surface area contributed by atoms with Crippen molar-refractivity contribution in [2.75, 3.05) is 0 Å². The molecule has 3 rings (SSSR count). The second kappa shape index (κ2) is 4.51. The highest BCUT2D eigenvalue weighted by molar-refractivity contribution is 6.31. The number of hydrogen-bond donors (Lipinski definition) is 0. The lowest BCUT2D eigenvalue weighted by atomic mass is 10.2. The number of aryl methyl sites for hydroxylation is 1. The molecule has 0 aliphatic heterocycles. The van der Waals surface area contributed by atoms with E-state index in [1.165, 1.54) is 10.9 Å². The van der Waals surface area contributed by atoms with Crippen LogP contribution in [-0.4, -0.2) is 14.7 Å². The minimum atomic E-state index is -0.145. The van der Waals surface area contributed by atoms with Crippen molar-refractivity contribution in [1.82, 2.24) is 14.7 Å². The molecule has 5 nitrogen and oxygen atoms in total. The molecule has 0 atom stereocenters. The lowest BCUT2D eigenvalue weighted by Crippen LogP contribution is -2.21. The van der Waals surface area contributed by atoms with E-state index in [2.05, 4.69) is 10.1 Å². The summed E-state index contributed by atoms with van der Waals surface area (Å²) in [6.07, 6.45) is 1.50. The molecule has 2 heterocycles. The number of fused-ring (bicyclic) bond motifs is 1. The van der Waals surface area contributed by atoms with Crippen LogP contribution >= 0.6 is 11.6 Å². The molecule has 0 aliphatic rings. The van der Waals surface area contributed by atoms with Crippen LogP contribution in [0.25, 0.3) is 10.9 Å². The fourth-order valence-corrected chi connectivity index (χ4v) is 2.08. The summed E-state index contributed by atoms with van der Waals surface area (Å²) in [6.45, 7) is 2.13. The van der Waals surface area contributed by atoms with Gasteiger partial charge in [0.05, 0.1) is 23.8 Å². The topological polar surface area (TPSA) is 60.9 Å². The van der Waals surface area contributed by atoms with E-state index in [-0.39, 0.29) is 5.56 Å². The van der Waals surface area contributed by atoms with Crippen LogP contribution in [0.3, 0.4) is 0 Å². The SMILES string of the molecule is Cc1cc(Cn2cnc3ccc(Cl)cc3c2=O)no1. The van der Waals surface area contributed by atoms with Gasteiger partial charge in [-0.1, -0.05) is 16.8 Å². The fraction of sp³-hybridized carbons (Fsp3) is 0.154. The highest BCUT2D eigenvalue weighted by Gasteiger charge is 2.07. The largest absolute Gasteiger partial charge is 0.361 e. The Hall–Kier alpha value is -2.14. The molecular weight excluding hydrogens is 266 g/mol. The lowest BCUT2D eigenvalue weighted by Gasteiger charge is -2.04. The van der Waals surface area contributed by atoms with Gasteiger partial charge in [-0.25, -0.2) is 4.98 Å². The highest BCUT2D eigenvalue weighted by atomic mass is 35.5. The first kappa shape index (κ1) is 11.9. The summed E-state index contributed by atoms with van der Waals surface area (Å²) >= 11 is 5.90. The number of nitrogens with zero attached hydrogens (tertiary/aromatic N) is 3. The first-order chi connectivity index (χ1) is 9.13. The Morgan fingerprint density at radius 2 is 2.21 bits per heavy atom. The van der Waals surface area contributed by atoms with Crippen LogP contribution in [0.4, 0.5) is 0 Å². The van der Waals surface area contributed by atoms with Crippen molar-refractivity contribution >= 4 is 22.5 Å². The van der Waals surface area contributed by atoms with E-state index in [1.807, 2.05) is 0 Å². The standard InChI is InChI=1S/C13H10ClN3O2/c1-8-4-10(16-19-8)6-17-7-15-12-3-2-9(14)5-11(12)13(17)18/h2-5,7H,6H2,1H3. The molecule has 0 fully saturated rings. The fourth-order valence-electron chi connectivity index (χ4n) is 1.91. The van der Waals surface area contributed by atoms with Gasteiger partial charge in [-0.15, -0.1) is 0 Å². The van der Waals surface area contributed by atoms with Gasteiger partial charge in [-0.2, -0.15) is 0 Å². The smallest absolute Gasteiger partial charge is 0.261 e. The first-order valence-electron chi connectivity index (χ1n) is 5.70. The molecule has 2 aromatic heterocycles. The molecule has 19 heavy (non-hydrogen) atoms. The number of benzene rings is 1. The zero-order valence-electron chi connectivity index (χ0n) is 10.1. The first-order valence-corrected chi connectivity index (χ1v) is 6.08. The third kappa shape index (κ3) is 2.24. The van der Waals surface area contributed by atoms with Gasteiger partial charge in [0.15, 0.2) is 0 Å². The second-order valence-corrected chi connectivity index (χ2v) is 4.70. The molecule has 0 spiro atoms. The molecule has 0 bridgehead atoms. The maximum absolute atomic E-state index is 12.3. The van der Waals surface area contributed by atoms with Crippen molar-refractivity contribution in [3.63, 3.8) is 0 Å². The maximum Gasteiger partial charge on any atom is 0.261 e. The van der Waals surface area contributed by atoms with E-state index in [0.717, 1.165) is 0 Å². The maximum atomic E-state index is 12.3. The second-order valence-electron chi connectivity index (χ2n) is 4.27. The van der Waals surface area contributed by atoms with Crippen LogP contribution in [0.15, 0.2) is 39.9 Å². The molecular formula is C13H10ClN3O2. The van der Waals surface area contributed by atoms with Crippen molar-refractivity contribution in [2.24, 2.45) is 0 Å². The monoisotopic (exact) mass is 275 g/mol. The van der Waals surface area contributed by atoms with Crippen LogP contribution in [0.5, 0.6) is 0 Å². The van der Waals surface area contributed by atoms with Crippen molar-refractivity contribution in [1.29, 1.82) is 0 Å². The Balaban J connectivity index is 2.09. The molecule has 0 radical (unpaired) electrons. The molecule has 1 aromatic carbocycles. The number of halogens is 1. The highest BCUT2D eigenvalue weighted by Crippen LogP contribution is 2.14. The molecule has 0 unspecified atom stereocenters. The average Bonchev–Trinajstić information content (AvgIpc) is 2.79. The minimum absolute atomic E-state index is 0.145. The van der Waals surface area contributed by atoms with Crippen molar-refractivity contribution < 1.29 is 4.52 Å². The summed E-state index contributed by atoms with van der Waals surface area (Å²) in [5.74, 6) is 0.708. The quantitative estimate of drug-likeness (QED) is 0.720. The average molecular weight is 276 g/mol. The molecule has 6 heteroatoms. The summed E-state index contributed by atoms with van der Waals surface area (Å²) in [5.41, 5.74) is 1.16. The van der Waals surface area contributed by atoms with E-state index in [4.69, 9.17) is 16.1 Å². The van der Waals surface area contributed by atoms with Gasteiger partial charge in [0, 0.05) is 11.1 Å². The molecule has 0 saturated carbocycles. The van der Waals surface area contributed by atoms with E-state index in [0.29, 0.717) is 33.9 Å². The predicted octanol–water partition coefficient (Wildman–Crippen LogP) is 2.39. The van der Waals surface area contributed by atoms with Crippen LogP contribution in [0.1, 0.15) is 11.5 Å². The molecule has 96 valence electrons. The molecule has 0 N–H and O–H groups in total. The minimum Gasteiger partial charge on any atom is -0.361 e. The van der Waals surface area contributed by atoms with Crippen molar-refractivity contribution in [2.45, 2.75) is 13.5 Å². The normalized spacial score (nSPS) is 11.1. The zero-order valence-corrected chi connectivity index (χ0v) is 10.9. The Bertz CT molecular complexity index is 807. The summed E-state index contributed by atoms with van der Waals surface area (Å²) in [6, 6.07) is 6.84. The molecule has 0 amide bonds. The van der Waals surface area contributed by atoms with Gasteiger partial charge in [-0.05, 0) is 25.1 Å². The molecule has 0 aliphatic carbocycles. The zero-order chi connectivity index (χ0) is 13.4. The number of hydrogen-bond acceptors (Lipinski definition) is 4. The van der Waals surface area contributed by atoms with Gasteiger partial charge < -0.3 is 4.52 Å². The Labute approximate surface area is 113 Å². The Kier molecular flexibility index (Phi) is 2.83. The van der Waals surface area contributed by atoms with Gasteiger partial charge in [0.25, 0.3) is 5.56 Å². The molecule has 3 aromatic rings. The van der Waals surface area contributed by atoms with Crippen molar-refractivity contribution in [3.05, 3.63) is 57.4 Å².